The number of hydrogen-bond acceptors (Lipinski definition) is 12. The van der Waals surface area contributed by atoms with Crippen LogP contribution in [0.1, 0.15) is 19.4 Å². The van der Waals surface area contributed by atoms with Gasteiger partial charge in [0.05, 0.1) is 33.3 Å². The number of anilines is 1. The van der Waals surface area contributed by atoms with Crippen LogP contribution < -0.4 is 25.8 Å². The fourth-order valence-electron chi connectivity index (χ4n) is 3.38. The minimum absolute atomic E-state index is 0.0661. The second kappa shape index (κ2) is 12.4. The zero-order chi connectivity index (χ0) is 26.9. The van der Waals surface area contributed by atoms with Crippen molar-refractivity contribution in [2.45, 2.75) is 20.3 Å². The molecule has 0 radical (unpaired) electrons. The van der Waals surface area contributed by atoms with Crippen molar-refractivity contribution in [3.63, 3.8) is 0 Å². The van der Waals surface area contributed by atoms with Gasteiger partial charge < -0.3 is 30.0 Å². The summed E-state index contributed by atoms with van der Waals surface area (Å²) in [4.78, 5) is 58.2. The molecule has 0 bridgehead atoms. The number of urea groups is 1. The lowest BCUT2D eigenvalue weighted by atomic mass is 10.2. The number of guanidine groups is 1. The number of nitrogens with one attached hydrogen (secondary N) is 2. The lowest BCUT2D eigenvalue weighted by molar-refractivity contribution is -0.159. The molecule has 3 rings (SSSR count). The van der Waals surface area contributed by atoms with E-state index in [9.17, 15) is 19.2 Å². The summed E-state index contributed by atoms with van der Waals surface area (Å²) in [6, 6.07) is 5.34. The van der Waals surface area contributed by atoms with E-state index < -0.39 is 24.2 Å². The van der Waals surface area contributed by atoms with E-state index >= 15 is 0 Å². The monoisotopic (exact) mass is 517 g/mol. The lowest BCUT2D eigenvalue weighted by Crippen LogP contribution is -2.48. The van der Waals surface area contributed by atoms with E-state index in [1.54, 1.807) is 26.0 Å². The third-order valence-electron chi connectivity index (χ3n) is 4.94. The number of nitrogens with zero attached hydrogens (tertiary/aromatic N) is 2. The summed E-state index contributed by atoms with van der Waals surface area (Å²) < 4.78 is 20.1. The van der Waals surface area contributed by atoms with Gasteiger partial charge in [0.2, 0.25) is 0 Å². The molecule has 37 heavy (non-hydrogen) atoms. The molecule has 0 spiro atoms. The highest BCUT2D eigenvalue weighted by molar-refractivity contribution is 6.03. The maximum Gasteiger partial charge on any atom is 0.513 e. The Kier molecular flexibility index (Phi) is 9.05. The fourth-order valence-corrected chi connectivity index (χ4v) is 3.38. The van der Waals surface area contributed by atoms with Crippen LogP contribution in [0.5, 0.6) is 11.5 Å². The van der Waals surface area contributed by atoms with Crippen molar-refractivity contribution >= 4 is 35.9 Å². The molecule has 1 aliphatic heterocycles. The summed E-state index contributed by atoms with van der Waals surface area (Å²) in [5.74, 6) is -0.617. The third kappa shape index (κ3) is 6.55. The number of hydroxylamine groups is 2. The summed E-state index contributed by atoms with van der Waals surface area (Å²) in [6.07, 6.45) is -2.25. The Balaban J connectivity index is 1.90. The smallest absolute Gasteiger partial charge is 0.434 e. The number of nitrogens with two attached hydrogens (primary N) is 1. The number of nitrogen functional groups attached to an aromatic ring is 1. The van der Waals surface area contributed by atoms with Crippen molar-refractivity contribution in [1.82, 2.24) is 15.7 Å². The van der Waals surface area contributed by atoms with E-state index in [0.717, 1.165) is 0 Å². The van der Waals surface area contributed by atoms with Crippen molar-refractivity contribution in [2.75, 3.05) is 39.1 Å². The van der Waals surface area contributed by atoms with Gasteiger partial charge in [-0.25, -0.2) is 14.4 Å². The number of fused-ring (bicyclic) bond motifs is 1. The van der Waals surface area contributed by atoms with E-state index in [4.69, 9.17) is 29.5 Å². The quantitative estimate of drug-likeness (QED) is 0.361. The van der Waals surface area contributed by atoms with Gasteiger partial charge >= 0.3 is 18.3 Å². The molecule has 2 aliphatic carbocycles. The van der Waals surface area contributed by atoms with Crippen molar-refractivity contribution in [1.29, 1.82) is 0 Å². The van der Waals surface area contributed by atoms with Gasteiger partial charge in [0.15, 0.2) is 17.5 Å². The van der Waals surface area contributed by atoms with Gasteiger partial charge in [0.1, 0.15) is 5.69 Å². The standard InChI is InChI=1S/C23H27N5O9/c1-4-34-22(31)36-18-14-8-6-13(7-9-15(14)19(17(18)24)37-23(32)35-5-2)12-16(29)28(33-3)21(30)27-20-25-10-11-26-20/h6-9H,4-5,10-12,24H2,1-3H3,(H2,25,26,27,30). The minimum atomic E-state index is -1.01. The first kappa shape index (κ1) is 27.0. The number of amides is 3. The van der Waals surface area contributed by atoms with Gasteiger partial charge in [-0.1, -0.05) is 24.3 Å². The molecule has 14 heteroatoms. The number of imide groups is 1. The summed E-state index contributed by atoms with van der Waals surface area (Å²) >= 11 is 0. The van der Waals surface area contributed by atoms with Crippen LogP contribution in [0, 0.1) is 0 Å². The van der Waals surface area contributed by atoms with Crippen LogP contribution in [0.2, 0.25) is 0 Å². The van der Waals surface area contributed by atoms with Crippen LogP contribution in [-0.4, -0.2) is 68.7 Å². The normalized spacial score (nSPS) is 12.2. The number of aliphatic imine (C=N–C) groups is 1. The average molecular weight is 517 g/mol. The fraction of sp³-hybridized carbons (Fsp3) is 0.348. The molecule has 0 atom stereocenters. The molecule has 1 heterocycles. The first-order valence-electron chi connectivity index (χ1n) is 11.3. The van der Waals surface area contributed by atoms with Crippen molar-refractivity contribution < 1.29 is 43.0 Å². The average Bonchev–Trinajstić information content (AvgIpc) is 3.37. The van der Waals surface area contributed by atoms with E-state index in [2.05, 4.69) is 15.6 Å². The maximum atomic E-state index is 12.8. The SMILES string of the molecule is CCOC(=O)Oc1c2ccc(CC(=O)N(OC)C(=O)NC3=NCCN3)ccc-2c(OC(=O)OCC)c1N. The Bertz CT molecular complexity index is 1130. The summed E-state index contributed by atoms with van der Waals surface area (Å²) in [5, 5.41) is 5.87. The number of carbonyl (C=O) groups is 4. The van der Waals surface area contributed by atoms with Gasteiger partial charge in [0.25, 0.3) is 5.91 Å². The van der Waals surface area contributed by atoms with E-state index in [-0.39, 0.29) is 42.8 Å². The van der Waals surface area contributed by atoms with Crippen LogP contribution in [0.4, 0.5) is 20.1 Å². The van der Waals surface area contributed by atoms with Crippen molar-refractivity contribution in [3.05, 3.63) is 29.8 Å². The van der Waals surface area contributed by atoms with Crippen LogP contribution in [0.25, 0.3) is 11.1 Å². The molecule has 4 N–H and O–H groups in total. The molecular formula is C23H27N5O9. The third-order valence-corrected chi connectivity index (χ3v) is 4.94. The highest BCUT2D eigenvalue weighted by Gasteiger charge is 2.29. The molecule has 3 aliphatic rings. The second-order valence-electron chi connectivity index (χ2n) is 7.35. The molecule has 0 fully saturated rings. The number of carbonyl (C=O) groups excluding carboxylic acids is 4. The highest BCUT2D eigenvalue weighted by atomic mass is 16.7. The topological polar surface area (TPSA) is 180 Å². The van der Waals surface area contributed by atoms with Gasteiger partial charge in [-0.3, -0.25) is 19.9 Å². The zero-order valence-electron chi connectivity index (χ0n) is 20.5. The lowest BCUT2D eigenvalue weighted by Gasteiger charge is -2.18. The zero-order valence-corrected chi connectivity index (χ0v) is 20.5. The van der Waals surface area contributed by atoms with Gasteiger partial charge in [-0.05, 0) is 19.4 Å². The second-order valence-corrected chi connectivity index (χ2v) is 7.35. The molecule has 0 saturated heterocycles. The van der Waals surface area contributed by atoms with Crippen LogP contribution in [0.3, 0.4) is 0 Å². The molecule has 0 aromatic carbocycles. The molecule has 198 valence electrons. The molecule has 3 amide bonds. The molecule has 0 saturated carbocycles. The summed E-state index contributed by atoms with van der Waals surface area (Å²) in [5.41, 5.74) is 7.06. The van der Waals surface area contributed by atoms with Crippen molar-refractivity contribution in [3.8, 4) is 22.6 Å². The first-order chi connectivity index (χ1) is 17.8. The molecule has 0 unspecified atom stereocenters. The Labute approximate surface area is 211 Å². The first-order valence-corrected chi connectivity index (χ1v) is 11.3. The molecule has 0 aromatic rings. The Morgan fingerprint density at radius 2 is 1.57 bits per heavy atom. The Morgan fingerprint density at radius 3 is 2.03 bits per heavy atom. The van der Waals surface area contributed by atoms with Gasteiger partial charge in [-0.2, -0.15) is 0 Å². The minimum Gasteiger partial charge on any atom is -0.434 e. The highest BCUT2D eigenvalue weighted by Crippen LogP contribution is 2.50. The van der Waals surface area contributed by atoms with Gasteiger partial charge in [0, 0.05) is 17.7 Å². The predicted octanol–water partition coefficient (Wildman–Crippen LogP) is 2.05. The van der Waals surface area contributed by atoms with E-state index in [0.29, 0.717) is 34.8 Å². The molecule has 14 nitrogen and oxygen atoms in total. The number of ether oxygens (including phenoxy) is 4. The number of hydrogen-bond donors (Lipinski definition) is 3. The largest absolute Gasteiger partial charge is 0.513 e. The number of rotatable bonds is 7. The Hall–Kier alpha value is -4.59. The van der Waals surface area contributed by atoms with Crippen LogP contribution in [-0.2, 0) is 25.5 Å². The molecule has 0 aromatic heterocycles. The maximum absolute atomic E-state index is 12.8. The summed E-state index contributed by atoms with van der Waals surface area (Å²) in [7, 11) is 1.18. The van der Waals surface area contributed by atoms with E-state index in [1.165, 1.54) is 19.2 Å². The van der Waals surface area contributed by atoms with Crippen LogP contribution >= 0.6 is 0 Å². The van der Waals surface area contributed by atoms with Crippen LogP contribution in [0.15, 0.2) is 29.3 Å². The summed E-state index contributed by atoms with van der Waals surface area (Å²) in [6.45, 7) is 4.41. The Morgan fingerprint density at radius 1 is 1.00 bits per heavy atom. The van der Waals surface area contributed by atoms with E-state index in [1.807, 2.05) is 0 Å². The molecular weight excluding hydrogens is 490 g/mol. The van der Waals surface area contributed by atoms with Crippen molar-refractivity contribution in [2.24, 2.45) is 4.99 Å². The van der Waals surface area contributed by atoms with Gasteiger partial charge in [-0.15, -0.1) is 5.06 Å². The predicted molar refractivity (Wildman–Crippen MR) is 129 cm³/mol.